The molecule has 1 heterocycles. The maximum atomic E-state index is 11.8. The first-order valence-electron chi connectivity index (χ1n) is 6.31. The molecule has 7 heteroatoms. The molecule has 22 heavy (non-hydrogen) atoms. The van der Waals surface area contributed by atoms with Crippen molar-refractivity contribution in [3.63, 3.8) is 0 Å². The largest absolute Gasteiger partial charge is 0.451 e. The van der Waals surface area contributed by atoms with E-state index in [4.69, 9.17) is 27.9 Å². The molecule has 0 saturated carbocycles. The number of rotatable bonds is 4. The summed E-state index contributed by atoms with van der Waals surface area (Å²) in [6.07, 6.45) is 1.46. The SMILES string of the molecule is Cc1ccc(Cl)c(NC(=O)COC(=O)c2ccccn2)c1Cl. The summed E-state index contributed by atoms with van der Waals surface area (Å²) in [5.41, 5.74) is 1.19. The third kappa shape index (κ3) is 3.96. The van der Waals surface area contributed by atoms with Gasteiger partial charge in [0, 0.05) is 6.20 Å². The third-order valence-electron chi connectivity index (χ3n) is 2.76. The van der Waals surface area contributed by atoms with Crippen molar-refractivity contribution in [2.24, 2.45) is 0 Å². The van der Waals surface area contributed by atoms with Gasteiger partial charge in [-0.3, -0.25) is 4.79 Å². The van der Waals surface area contributed by atoms with Crippen LogP contribution in [0.25, 0.3) is 0 Å². The molecule has 1 N–H and O–H groups in total. The minimum Gasteiger partial charge on any atom is -0.451 e. The van der Waals surface area contributed by atoms with Crippen LogP contribution >= 0.6 is 23.2 Å². The molecule has 0 atom stereocenters. The van der Waals surface area contributed by atoms with Crippen molar-refractivity contribution >= 4 is 40.8 Å². The number of nitrogens with one attached hydrogen (secondary N) is 1. The van der Waals surface area contributed by atoms with Crippen LogP contribution in [0.3, 0.4) is 0 Å². The number of benzene rings is 1. The number of anilines is 1. The van der Waals surface area contributed by atoms with Crippen molar-refractivity contribution in [2.75, 3.05) is 11.9 Å². The molecule has 0 aliphatic heterocycles. The number of esters is 1. The van der Waals surface area contributed by atoms with Crippen molar-refractivity contribution in [1.82, 2.24) is 4.98 Å². The molecular weight excluding hydrogens is 327 g/mol. The van der Waals surface area contributed by atoms with Gasteiger partial charge < -0.3 is 10.1 Å². The summed E-state index contributed by atoms with van der Waals surface area (Å²) in [6.45, 7) is 1.32. The van der Waals surface area contributed by atoms with Gasteiger partial charge in [0.2, 0.25) is 0 Å². The molecule has 1 aromatic heterocycles. The van der Waals surface area contributed by atoms with Crippen molar-refractivity contribution in [3.8, 4) is 0 Å². The number of halogens is 2. The second-order valence-electron chi connectivity index (χ2n) is 4.39. The van der Waals surface area contributed by atoms with E-state index in [1.165, 1.54) is 12.3 Å². The molecule has 0 unspecified atom stereocenters. The maximum Gasteiger partial charge on any atom is 0.357 e. The van der Waals surface area contributed by atoms with Crippen LogP contribution in [0.1, 0.15) is 16.1 Å². The Hall–Kier alpha value is -2.11. The number of aromatic nitrogens is 1. The van der Waals surface area contributed by atoms with Gasteiger partial charge in [-0.2, -0.15) is 0 Å². The lowest BCUT2D eigenvalue weighted by Gasteiger charge is -2.11. The standard InChI is InChI=1S/C15H12Cl2N2O3/c1-9-5-6-10(16)14(13(9)17)19-12(20)8-22-15(21)11-4-2-3-7-18-11/h2-7H,8H2,1H3,(H,19,20). The Bertz CT molecular complexity index is 705. The predicted molar refractivity (Wildman–Crippen MR) is 84.3 cm³/mol. The Kier molecular flexibility index (Phi) is 5.35. The molecular formula is C15H12Cl2N2O3. The zero-order valence-electron chi connectivity index (χ0n) is 11.6. The summed E-state index contributed by atoms with van der Waals surface area (Å²) in [7, 11) is 0. The van der Waals surface area contributed by atoms with Crippen LogP contribution in [0.5, 0.6) is 0 Å². The molecule has 0 radical (unpaired) electrons. The van der Waals surface area contributed by atoms with Gasteiger partial charge in [-0.15, -0.1) is 0 Å². The molecule has 1 aromatic carbocycles. The van der Waals surface area contributed by atoms with E-state index in [1.807, 2.05) is 0 Å². The third-order valence-corrected chi connectivity index (χ3v) is 3.56. The van der Waals surface area contributed by atoms with E-state index in [0.717, 1.165) is 5.56 Å². The molecule has 1 amide bonds. The zero-order valence-corrected chi connectivity index (χ0v) is 13.1. The van der Waals surface area contributed by atoms with Gasteiger partial charge >= 0.3 is 5.97 Å². The second kappa shape index (κ2) is 7.24. The van der Waals surface area contributed by atoms with Crippen molar-refractivity contribution in [3.05, 3.63) is 57.8 Å². The number of hydrogen-bond donors (Lipinski definition) is 1. The highest BCUT2D eigenvalue weighted by Crippen LogP contribution is 2.32. The summed E-state index contributed by atoms with van der Waals surface area (Å²) >= 11 is 12.1. The molecule has 2 aromatic rings. The highest BCUT2D eigenvalue weighted by Gasteiger charge is 2.14. The minimum absolute atomic E-state index is 0.127. The van der Waals surface area contributed by atoms with Crippen LogP contribution in [-0.4, -0.2) is 23.5 Å². The van der Waals surface area contributed by atoms with E-state index in [0.29, 0.717) is 15.7 Å². The number of ether oxygens (including phenoxy) is 1. The number of amides is 1. The molecule has 5 nitrogen and oxygen atoms in total. The van der Waals surface area contributed by atoms with E-state index in [1.54, 1.807) is 31.2 Å². The number of hydrogen-bond acceptors (Lipinski definition) is 4. The molecule has 0 fully saturated rings. The quantitative estimate of drug-likeness (QED) is 0.866. The average Bonchev–Trinajstić information content (AvgIpc) is 2.53. The topological polar surface area (TPSA) is 68.3 Å². The van der Waals surface area contributed by atoms with Gasteiger partial charge in [0.25, 0.3) is 5.91 Å². The summed E-state index contributed by atoms with van der Waals surface area (Å²) in [5.74, 6) is -1.23. The lowest BCUT2D eigenvalue weighted by atomic mass is 10.2. The molecule has 0 aliphatic carbocycles. The number of pyridine rings is 1. The first-order chi connectivity index (χ1) is 10.5. The van der Waals surface area contributed by atoms with Crippen molar-refractivity contribution in [2.45, 2.75) is 6.92 Å². The zero-order chi connectivity index (χ0) is 16.1. The van der Waals surface area contributed by atoms with Crippen LogP contribution in [0.2, 0.25) is 10.0 Å². The normalized spacial score (nSPS) is 10.1. The van der Waals surface area contributed by atoms with Gasteiger partial charge in [0.1, 0.15) is 5.69 Å². The van der Waals surface area contributed by atoms with Crippen LogP contribution in [0.15, 0.2) is 36.5 Å². The number of carbonyl (C=O) groups is 2. The first kappa shape index (κ1) is 16.3. The Labute approximate surface area is 137 Å². The maximum absolute atomic E-state index is 11.8. The monoisotopic (exact) mass is 338 g/mol. The molecule has 114 valence electrons. The molecule has 2 rings (SSSR count). The highest BCUT2D eigenvalue weighted by atomic mass is 35.5. The number of nitrogens with zero attached hydrogens (tertiary/aromatic N) is 1. The van der Waals surface area contributed by atoms with Crippen LogP contribution in [0.4, 0.5) is 5.69 Å². The van der Waals surface area contributed by atoms with Gasteiger partial charge in [-0.25, -0.2) is 9.78 Å². The van der Waals surface area contributed by atoms with E-state index in [9.17, 15) is 9.59 Å². The Morgan fingerprint density at radius 3 is 2.68 bits per heavy atom. The number of aryl methyl sites for hydroxylation is 1. The number of carbonyl (C=O) groups excluding carboxylic acids is 2. The van der Waals surface area contributed by atoms with Gasteiger partial charge in [-0.1, -0.05) is 35.3 Å². The fraction of sp³-hybridized carbons (Fsp3) is 0.133. The van der Waals surface area contributed by atoms with Gasteiger partial charge in [0.05, 0.1) is 15.7 Å². The van der Waals surface area contributed by atoms with Gasteiger partial charge in [-0.05, 0) is 30.7 Å². The van der Waals surface area contributed by atoms with Crippen molar-refractivity contribution < 1.29 is 14.3 Å². The summed E-state index contributed by atoms with van der Waals surface area (Å²) < 4.78 is 4.87. The summed E-state index contributed by atoms with van der Waals surface area (Å²) in [4.78, 5) is 27.3. The Morgan fingerprint density at radius 1 is 1.23 bits per heavy atom. The van der Waals surface area contributed by atoms with Crippen molar-refractivity contribution in [1.29, 1.82) is 0 Å². The van der Waals surface area contributed by atoms with Gasteiger partial charge in [0.15, 0.2) is 6.61 Å². The van der Waals surface area contributed by atoms with Crippen LogP contribution in [-0.2, 0) is 9.53 Å². The first-order valence-corrected chi connectivity index (χ1v) is 7.07. The fourth-order valence-corrected chi connectivity index (χ4v) is 2.10. The fourth-order valence-electron chi connectivity index (χ4n) is 1.64. The highest BCUT2D eigenvalue weighted by molar-refractivity contribution is 6.40. The molecule has 0 spiro atoms. The lowest BCUT2D eigenvalue weighted by molar-refractivity contribution is -0.119. The average molecular weight is 339 g/mol. The summed E-state index contributed by atoms with van der Waals surface area (Å²) in [5, 5.41) is 3.18. The smallest absolute Gasteiger partial charge is 0.357 e. The predicted octanol–water partition coefficient (Wildman–Crippen LogP) is 3.49. The minimum atomic E-state index is -0.683. The van der Waals surface area contributed by atoms with Crippen LogP contribution in [0, 0.1) is 6.92 Å². The molecule has 0 aliphatic rings. The van der Waals surface area contributed by atoms with E-state index < -0.39 is 18.5 Å². The molecule has 0 saturated heterocycles. The summed E-state index contributed by atoms with van der Waals surface area (Å²) in [6, 6.07) is 8.18. The van der Waals surface area contributed by atoms with E-state index in [2.05, 4.69) is 10.3 Å². The van der Waals surface area contributed by atoms with E-state index in [-0.39, 0.29) is 5.69 Å². The second-order valence-corrected chi connectivity index (χ2v) is 5.18. The lowest BCUT2D eigenvalue weighted by Crippen LogP contribution is -2.21. The Morgan fingerprint density at radius 2 is 2.00 bits per heavy atom. The molecule has 0 bridgehead atoms. The van der Waals surface area contributed by atoms with Crippen LogP contribution < -0.4 is 5.32 Å². The van der Waals surface area contributed by atoms with E-state index >= 15 is 0 Å². The Balaban J connectivity index is 1.97.